The van der Waals surface area contributed by atoms with Crippen molar-refractivity contribution in [3.05, 3.63) is 54.1 Å². The van der Waals surface area contributed by atoms with Gasteiger partial charge in [0, 0.05) is 6.54 Å². The van der Waals surface area contributed by atoms with Gasteiger partial charge in [-0.1, -0.05) is 12.1 Å². The van der Waals surface area contributed by atoms with Gasteiger partial charge in [-0.25, -0.2) is 0 Å². The minimum Gasteiger partial charge on any atom is -0.494 e. The number of hydrogen-bond donors (Lipinski definition) is 1. The van der Waals surface area contributed by atoms with Gasteiger partial charge in [0.2, 0.25) is 0 Å². The lowest BCUT2D eigenvalue weighted by Crippen LogP contribution is -2.28. The van der Waals surface area contributed by atoms with Gasteiger partial charge in [-0.15, -0.1) is 0 Å². The molecular weight excluding hydrogens is 318 g/mol. The van der Waals surface area contributed by atoms with E-state index in [2.05, 4.69) is 5.32 Å². The largest absolute Gasteiger partial charge is 0.494 e. The number of rotatable bonds is 9. The third-order valence-electron chi connectivity index (χ3n) is 3.29. The molecule has 2 rings (SSSR count). The smallest absolute Gasteiger partial charge is 0.258 e. The summed E-state index contributed by atoms with van der Waals surface area (Å²) in [7, 11) is 0. The Morgan fingerprint density at radius 3 is 2.04 bits per heavy atom. The predicted molar refractivity (Wildman–Crippen MR) is 97.2 cm³/mol. The Morgan fingerprint density at radius 1 is 0.920 bits per heavy atom. The van der Waals surface area contributed by atoms with Gasteiger partial charge in [-0.3, -0.25) is 4.79 Å². The van der Waals surface area contributed by atoms with E-state index in [9.17, 15) is 4.79 Å². The number of benzene rings is 2. The monoisotopic (exact) mass is 343 g/mol. The van der Waals surface area contributed by atoms with Crippen LogP contribution in [-0.4, -0.2) is 25.2 Å². The molecule has 0 aliphatic rings. The van der Waals surface area contributed by atoms with Crippen LogP contribution < -0.4 is 19.5 Å². The highest BCUT2D eigenvalue weighted by Crippen LogP contribution is 2.17. The summed E-state index contributed by atoms with van der Waals surface area (Å²) in [5.41, 5.74) is 1.01. The number of ether oxygens (including phenoxy) is 3. The van der Waals surface area contributed by atoms with E-state index in [4.69, 9.17) is 14.2 Å². The fraction of sp³-hybridized carbons (Fsp3) is 0.350. The highest BCUT2D eigenvalue weighted by atomic mass is 16.5. The fourth-order valence-corrected chi connectivity index (χ4v) is 2.16. The van der Waals surface area contributed by atoms with E-state index in [-0.39, 0.29) is 18.6 Å². The average molecular weight is 343 g/mol. The summed E-state index contributed by atoms with van der Waals surface area (Å²) < 4.78 is 16.4. The van der Waals surface area contributed by atoms with E-state index in [1.54, 1.807) is 12.1 Å². The van der Waals surface area contributed by atoms with Gasteiger partial charge in [0.1, 0.15) is 17.2 Å². The first-order valence-corrected chi connectivity index (χ1v) is 8.44. The average Bonchev–Trinajstić information content (AvgIpc) is 2.60. The van der Waals surface area contributed by atoms with Gasteiger partial charge in [0.05, 0.1) is 12.7 Å². The molecule has 1 N–H and O–H groups in total. The van der Waals surface area contributed by atoms with Crippen molar-refractivity contribution >= 4 is 5.91 Å². The molecule has 25 heavy (non-hydrogen) atoms. The molecule has 0 aliphatic carbocycles. The molecule has 0 radical (unpaired) electrons. The van der Waals surface area contributed by atoms with E-state index in [1.807, 2.05) is 57.2 Å². The number of nitrogens with one attached hydrogen (secondary N) is 1. The molecule has 0 unspecified atom stereocenters. The zero-order valence-electron chi connectivity index (χ0n) is 15.0. The highest BCUT2D eigenvalue weighted by Gasteiger charge is 2.04. The molecule has 2 aromatic rings. The van der Waals surface area contributed by atoms with Crippen molar-refractivity contribution in [1.29, 1.82) is 0 Å². The third kappa shape index (κ3) is 6.75. The zero-order valence-corrected chi connectivity index (χ0v) is 15.0. The van der Waals surface area contributed by atoms with Crippen LogP contribution in [0.15, 0.2) is 48.5 Å². The van der Waals surface area contributed by atoms with Crippen LogP contribution in [0.1, 0.15) is 26.3 Å². The van der Waals surface area contributed by atoms with Crippen LogP contribution in [0, 0.1) is 0 Å². The molecule has 0 fully saturated rings. The van der Waals surface area contributed by atoms with Crippen LogP contribution in [0.3, 0.4) is 0 Å². The van der Waals surface area contributed by atoms with E-state index in [0.29, 0.717) is 18.9 Å². The summed E-state index contributed by atoms with van der Waals surface area (Å²) in [6.07, 6.45) is 0.144. The molecule has 0 spiro atoms. The Labute approximate surface area is 148 Å². The van der Waals surface area contributed by atoms with Crippen molar-refractivity contribution in [3.63, 3.8) is 0 Å². The van der Waals surface area contributed by atoms with Gasteiger partial charge >= 0.3 is 0 Å². The molecule has 2 aromatic carbocycles. The summed E-state index contributed by atoms with van der Waals surface area (Å²) in [6.45, 7) is 6.94. The third-order valence-corrected chi connectivity index (χ3v) is 3.29. The van der Waals surface area contributed by atoms with Crippen molar-refractivity contribution in [2.75, 3.05) is 13.2 Å². The maximum absolute atomic E-state index is 11.9. The normalized spacial score (nSPS) is 10.4. The van der Waals surface area contributed by atoms with Crippen molar-refractivity contribution in [3.8, 4) is 17.2 Å². The van der Waals surface area contributed by atoms with Gasteiger partial charge in [-0.2, -0.15) is 0 Å². The number of amides is 1. The van der Waals surface area contributed by atoms with Gasteiger partial charge < -0.3 is 19.5 Å². The Morgan fingerprint density at radius 2 is 1.48 bits per heavy atom. The SMILES string of the molecule is CCOc1ccc(OCC(=O)NCc2ccc(OC(C)C)cc2)cc1. The second-order valence-electron chi connectivity index (χ2n) is 5.78. The quantitative estimate of drug-likeness (QED) is 0.756. The molecule has 0 atom stereocenters. The molecular formula is C20H25NO4. The fourth-order valence-electron chi connectivity index (χ4n) is 2.16. The first kappa shape index (κ1) is 18.6. The maximum atomic E-state index is 11.9. The lowest BCUT2D eigenvalue weighted by molar-refractivity contribution is -0.123. The highest BCUT2D eigenvalue weighted by molar-refractivity contribution is 5.77. The predicted octanol–water partition coefficient (Wildman–Crippen LogP) is 3.57. The summed E-state index contributed by atoms with van der Waals surface area (Å²) in [5.74, 6) is 2.07. The summed E-state index contributed by atoms with van der Waals surface area (Å²) >= 11 is 0. The molecule has 1 amide bonds. The van der Waals surface area contributed by atoms with Crippen molar-refractivity contribution in [2.24, 2.45) is 0 Å². The van der Waals surface area contributed by atoms with Crippen molar-refractivity contribution in [2.45, 2.75) is 33.4 Å². The summed E-state index contributed by atoms with van der Waals surface area (Å²) in [4.78, 5) is 11.9. The van der Waals surface area contributed by atoms with Crippen LogP contribution in [0.4, 0.5) is 0 Å². The number of carbonyl (C=O) groups is 1. The minimum absolute atomic E-state index is 0.0253. The van der Waals surface area contributed by atoms with Crippen LogP contribution >= 0.6 is 0 Å². The maximum Gasteiger partial charge on any atom is 0.258 e. The Balaban J connectivity index is 1.73. The van der Waals surface area contributed by atoms with E-state index < -0.39 is 0 Å². The second-order valence-corrected chi connectivity index (χ2v) is 5.78. The Kier molecular flexibility index (Phi) is 7.14. The van der Waals surface area contributed by atoms with E-state index in [0.717, 1.165) is 17.1 Å². The number of carbonyl (C=O) groups excluding carboxylic acids is 1. The summed E-state index contributed by atoms with van der Waals surface area (Å²) in [5, 5.41) is 2.83. The lowest BCUT2D eigenvalue weighted by Gasteiger charge is -2.11. The van der Waals surface area contributed by atoms with Gasteiger partial charge in [0.15, 0.2) is 6.61 Å². The molecule has 0 saturated carbocycles. The Bertz CT molecular complexity index is 650. The minimum atomic E-state index is -0.170. The van der Waals surface area contributed by atoms with Crippen LogP contribution in [-0.2, 0) is 11.3 Å². The lowest BCUT2D eigenvalue weighted by atomic mass is 10.2. The zero-order chi connectivity index (χ0) is 18.1. The van der Waals surface area contributed by atoms with Gasteiger partial charge in [-0.05, 0) is 62.7 Å². The second kappa shape index (κ2) is 9.57. The summed E-state index contributed by atoms with van der Waals surface area (Å²) in [6, 6.07) is 14.9. The molecule has 5 heteroatoms. The standard InChI is InChI=1S/C20H25NO4/c1-4-23-17-9-11-18(12-10-17)24-14-20(22)21-13-16-5-7-19(8-6-16)25-15(2)3/h5-12,15H,4,13-14H2,1-3H3,(H,21,22). The molecule has 0 aromatic heterocycles. The Hall–Kier alpha value is -2.69. The molecule has 0 bridgehead atoms. The van der Waals surface area contributed by atoms with Crippen molar-refractivity contribution < 1.29 is 19.0 Å². The topological polar surface area (TPSA) is 56.8 Å². The number of hydrogen-bond acceptors (Lipinski definition) is 4. The van der Waals surface area contributed by atoms with Crippen LogP contribution in [0.5, 0.6) is 17.2 Å². The van der Waals surface area contributed by atoms with Crippen LogP contribution in [0.2, 0.25) is 0 Å². The molecule has 0 heterocycles. The van der Waals surface area contributed by atoms with E-state index in [1.165, 1.54) is 0 Å². The van der Waals surface area contributed by atoms with E-state index >= 15 is 0 Å². The molecule has 0 aliphatic heterocycles. The first-order chi connectivity index (χ1) is 12.1. The van der Waals surface area contributed by atoms with Crippen molar-refractivity contribution in [1.82, 2.24) is 5.32 Å². The van der Waals surface area contributed by atoms with Gasteiger partial charge in [0.25, 0.3) is 5.91 Å². The molecule has 5 nitrogen and oxygen atoms in total. The molecule has 0 saturated heterocycles. The van der Waals surface area contributed by atoms with Crippen LogP contribution in [0.25, 0.3) is 0 Å². The molecule has 134 valence electrons. The first-order valence-electron chi connectivity index (χ1n) is 8.44.